The Kier molecular flexibility index (Phi) is 5.22. The van der Waals surface area contributed by atoms with Crippen LogP contribution >= 0.6 is 23.2 Å². The van der Waals surface area contributed by atoms with Crippen molar-refractivity contribution in [1.29, 1.82) is 0 Å². The molecular weight excluding hydrogens is 317 g/mol. The highest BCUT2D eigenvalue weighted by Gasteiger charge is 2.31. The lowest BCUT2D eigenvalue weighted by Gasteiger charge is -2.32. The first-order valence-electron chi connectivity index (χ1n) is 6.24. The fourth-order valence-electron chi connectivity index (χ4n) is 1.98. The number of hydrogen-bond donors (Lipinski definition) is 1. The van der Waals surface area contributed by atoms with Crippen LogP contribution in [0.4, 0.5) is 0 Å². The Bertz CT molecular complexity index is 588. The van der Waals surface area contributed by atoms with Crippen LogP contribution in [0.15, 0.2) is 24.3 Å². The zero-order valence-corrected chi connectivity index (χ0v) is 12.5. The lowest BCUT2D eigenvalue weighted by atomic mass is 10.2. The zero-order valence-electron chi connectivity index (χ0n) is 11.0. The summed E-state index contributed by atoms with van der Waals surface area (Å²) in [6.45, 7) is 0.553. The smallest absolute Gasteiger partial charge is 0.328 e. The monoisotopic (exact) mass is 329 g/mol. The zero-order chi connectivity index (χ0) is 15.4. The van der Waals surface area contributed by atoms with Crippen molar-refractivity contribution in [1.82, 2.24) is 4.90 Å². The lowest BCUT2D eigenvalue weighted by Crippen LogP contribution is -2.52. The Morgan fingerprint density at radius 2 is 2.14 bits per heavy atom. The van der Waals surface area contributed by atoms with Crippen molar-refractivity contribution in [2.75, 3.05) is 19.8 Å². The predicted octanol–water partition coefficient (Wildman–Crippen LogP) is 2.32. The number of carbonyl (C=O) groups excluding carboxylic acids is 1. The minimum Gasteiger partial charge on any atom is -0.480 e. The van der Waals surface area contributed by atoms with Gasteiger partial charge in [-0.15, -0.1) is 0 Å². The molecule has 0 aliphatic carbocycles. The largest absolute Gasteiger partial charge is 0.480 e. The molecule has 0 radical (unpaired) electrons. The standard InChI is InChI=1S/C14H13Cl2NO4/c15-10-3-1-2-9(13(10)16)4-5-12(18)17-6-7-21-8-11(17)14(19)20/h1-5,11H,6-8H2,(H,19,20)/b5-4+/t11-/m1/s1. The molecule has 1 fully saturated rings. The van der Waals surface area contributed by atoms with Crippen LogP contribution in [-0.4, -0.2) is 47.7 Å². The number of halogens is 2. The fraction of sp³-hybridized carbons (Fsp3) is 0.286. The molecule has 1 heterocycles. The van der Waals surface area contributed by atoms with E-state index in [1.807, 2.05) is 0 Å². The predicted molar refractivity (Wildman–Crippen MR) is 79.5 cm³/mol. The van der Waals surface area contributed by atoms with E-state index in [1.54, 1.807) is 18.2 Å². The maximum atomic E-state index is 12.1. The summed E-state index contributed by atoms with van der Waals surface area (Å²) in [4.78, 5) is 24.5. The fourth-order valence-corrected chi connectivity index (χ4v) is 2.35. The maximum Gasteiger partial charge on any atom is 0.328 e. The first-order chi connectivity index (χ1) is 10.0. The molecule has 112 valence electrons. The number of rotatable bonds is 3. The minimum atomic E-state index is -1.09. The molecule has 1 aromatic carbocycles. The molecule has 0 spiro atoms. The number of hydrogen-bond acceptors (Lipinski definition) is 3. The van der Waals surface area contributed by atoms with Crippen LogP contribution in [0.3, 0.4) is 0 Å². The number of carboxylic acid groups (broad SMARTS) is 1. The number of ether oxygens (including phenoxy) is 1. The van der Waals surface area contributed by atoms with E-state index in [2.05, 4.69) is 0 Å². The number of nitrogens with zero attached hydrogens (tertiary/aromatic N) is 1. The molecule has 0 bridgehead atoms. The first kappa shape index (κ1) is 15.8. The van der Waals surface area contributed by atoms with E-state index in [4.69, 9.17) is 33.0 Å². The Morgan fingerprint density at radius 1 is 1.38 bits per heavy atom. The van der Waals surface area contributed by atoms with Crippen LogP contribution in [-0.2, 0) is 14.3 Å². The summed E-state index contributed by atoms with van der Waals surface area (Å²) < 4.78 is 5.08. The summed E-state index contributed by atoms with van der Waals surface area (Å²) in [5.41, 5.74) is 0.595. The summed E-state index contributed by atoms with van der Waals surface area (Å²) in [7, 11) is 0. The van der Waals surface area contributed by atoms with Gasteiger partial charge < -0.3 is 14.7 Å². The number of carboxylic acids is 1. The Morgan fingerprint density at radius 3 is 2.86 bits per heavy atom. The number of aliphatic carboxylic acids is 1. The molecule has 1 atom stereocenters. The van der Waals surface area contributed by atoms with Crippen LogP contribution in [0.25, 0.3) is 6.08 Å². The van der Waals surface area contributed by atoms with Gasteiger partial charge in [-0.3, -0.25) is 4.79 Å². The Hall–Kier alpha value is -1.56. The van der Waals surface area contributed by atoms with Gasteiger partial charge in [0.1, 0.15) is 0 Å². The molecule has 1 saturated heterocycles. The van der Waals surface area contributed by atoms with Crippen LogP contribution in [0.1, 0.15) is 5.56 Å². The second-order valence-electron chi connectivity index (χ2n) is 4.44. The van der Waals surface area contributed by atoms with Gasteiger partial charge in [-0.2, -0.15) is 0 Å². The molecule has 1 aromatic rings. The molecule has 0 unspecified atom stereocenters. The number of benzene rings is 1. The Balaban J connectivity index is 2.14. The second kappa shape index (κ2) is 6.93. The average molecular weight is 330 g/mol. The van der Waals surface area contributed by atoms with Crippen LogP contribution in [0.2, 0.25) is 10.0 Å². The van der Waals surface area contributed by atoms with Crippen molar-refractivity contribution in [2.24, 2.45) is 0 Å². The molecule has 21 heavy (non-hydrogen) atoms. The summed E-state index contributed by atoms with van der Waals surface area (Å²) >= 11 is 11.9. The van der Waals surface area contributed by atoms with Gasteiger partial charge in [0.05, 0.1) is 23.3 Å². The van der Waals surface area contributed by atoms with Crippen molar-refractivity contribution < 1.29 is 19.4 Å². The third-order valence-corrected chi connectivity index (χ3v) is 3.92. The van der Waals surface area contributed by atoms with Gasteiger partial charge in [0.2, 0.25) is 5.91 Å². The van der Waals surface area contributed by atoms with Crippen molar-refractivity contribution >= 4 is 41.2 Å². The summed E-state index contributed by atoms with van der Waals surface area (Å²) in [6, 6.07) is 4.11. The highest BCUT2D eigenvalue weighted by molar-refractivity contribution is 6.42. The molecular formula is C14H13Cl2NO4. The van der Waals surface area contributed by atoms with Gasteiger partial charge in [-0.05, 0) is 17.7 Å². The molecule has 1 amide bonds. The van der Waals surface area contributed by atoms with E-state index in [9.17, 15) is 9.59 Å². The topological polar surface area (TPSA) is 66.8 Å². The quantitative estimate of drug-likeness (QED) is 0.864. The highest BCUT2D eigenvalue weighted by atomic mass is 35.5. The van der Waals surface area contributed by atoms with Crippen LogP contribution in [0.5, 0.6) is 0 Å². The molecule has 7 heteroatoms. The van der Waals surface area contributed by atoms with Crippen molar-refractivity contribution in [3.63, 3.8) is 0 Å². The molecule has 0 aromatic heterocycles. The highest BCUT2D eigenvalue weighted by Crippen LogP contribution is 2.26. The third-order valence-electron chi connectivity index (χ3n) is 3.08. The van der Waals surface area contributed by atoms with Gasteiger partial charge in [0, 0.05) is 12.6 Å². The normalized spacial score (nSPS) is 19.0. The van der Waals surface area contributed by atoms with Gasteiger partial charge in [-0.1, -0.05) is 35.3 Å². The second-order valence-corrected chi connectivity index (χ2v) is 5.22. The number of morpholine rings is 1. The number of carbonyl (C=O) groups is 2. The van der Waals surface area contributed by atoms with Gasteiger partial charge in [-0.25, -0.2) is 4.79 Å². The first-order valence-corrected chi connectivity index (χ1v) is 6.99. The minimum absolute atomic E-state index is 0.00711. The van der Waals surface area contributed by atoms with E-state index in [-0.39, 0.29) is 13.2 Å². The molecule has 0 saturated carbocycles. The van der Waals surface area contributed by atoms with E-state index >= 15 is 0 Å². The third kappa shape index (κ3) is 3.75. The van der Waals surface area contributed by atoms with Gasteiger partial charge in [0.15, 0.2) is 6.04 Å². The van der Waals surface area contributed by atoms with Gasteiger partial charge >= 0.3 is 5.97 Å². The molecule has 1 aliphatic heterocycles. The summed E-state index contributed by atoms with van der Waals surface area (Å²) in [5, 5.41) is 9.82. The van der Waals surface area contributed by atoms with Crippen LogP contribution in [0, 0.1) is 0 Å². The van der Waals surface area contributed by atoms with E-state index in [1.165, 1.54) is 17.1 Å². The van der Waals surface area contributed by atoms with Crippen LogP contribution < -0.4 is 0 Å². The van der Waals surface area contributed by atoms with E-state index in [0.29, 0.717) is 22.2 Å². The average Bonchev–Trinajstić information content (AvgIpc) is 2.48. The van der Waals surface area contributed by atoms with Gasteiger partial charge in [0.25, 0.3) is 0 Å². The van der Waals surface area contributed by atoms with E-state index < -0.39 is 17.9 Å². The molecule has 1 N–H and O–H groups in total. The molecule has 1 aliphatic rings. The molecule has 5 nitrogen and oxygen atoms in total. The molecule has 2 rings (SSSR count). The summed E-state index contributed by atoms with van der Waals surface area (Å²) in [5.74, 6) is -1.49. The van der Waals surface area contributed by atoms with Crippen molar-refractivity contribution in [3.05, 3.63) is 39.9 Å². The lowest BCUT2D eigenvalue weighted by molar-refractivity contribution is -0.156. The Labute approximate surface area is 131 Å². The SMILES string of the molecule is O=C(O)[C@H]1COCCN1C(=O)/C=C/c1cccc(Cl)c1Cl. The number of amides is 1. The van der Waals surface area contributed by atoms with Crippen molar-refractivity contribution in [3.8, 4) is 0 Å². The van der Waals surface area contributed by atoms with Crippen molar-refractivity contribution in [2.45, 2.75) is 6.04 Å². The summed E-state index contributed by atoms with van der Waals surface area (Å²) in [6.07, 6.45) is 2.81. The maximum absolute atomic E-state index is 12.1. The van der Waals surface area contributed by atoms with E-state index in [0.717, 1.165) is 0 Å².